The molecule has 2 rings (SSSR count). The van der Waals surface area contributed by atoms with E-state index in [0.717, 1.165) is 7.11 Å². The molecule has 0 fully saturated rings. The number of carbonyl (C=O) groups excluding carboxylic acids is 2. The molecular formula is C12H8Cl2F2O3. The fourth-order valence-electron chi connectivity index (χ4n) is 2.24. The number of Topliss-reactive ketones (excluding diaryl/α,β-unsaturated/α-hetero) is 1. The molecule has 1 atom stereocenters. The van der Waals surface area contributed by atoms with Crippen LogP contribution in [-0.4, -0.2) is 25.3 Å². The molecule has 102 valence electrons. The van der Waals surface area contributed by atoms with E-state index in [1.165, 1.54) is 12.1 Å². The van der Waals surface area contributed by atoms with Crippen LogP contribution in [-0.2, 0) is 16.0 Å². The van der Waals surface area contributed by atoms with Crippen molar-refractivity contribution in [1.82, 2.24) is 0 Å². The average molecular weight is 309 g/mol. The summed E-state index contributed by atoms with van der Waals surface area (Å²) in [4.78, 5) is 23.8. The fourth-order valence-corrected chi connectivity index (χ4v) is 2.86. The van der Waals surface area contributed by atoms with E-state index in [9.17, 15) is 18.4 Å². The second kappa shape index (κ2) is 4.72. The lowest BCUT2D eigenvalue weighted by atomic mass is 9.84. The van der Waals surface area contributed by atoms with Gasteiger partial charge in [-0.3, -0.25) is 9.59 Å². The summed E-state index contributed by atoms with van der Waals surface area (Å²) in [6.07, 6.45) is -3.65. The van der Waals surface area contributed by atoms with Crippen molar-refractivity contribution in [1.29, 1.82) is 0 Å². The van der Waals surface area contributed by atoms with Gasteiger partial charge in [0.25, 0.3) is 6.43 Å². The first-order chi connectivity index (χ1) is 8.84. The third-order valence-corrected chi connectivity index (χ3v) is 3.68. The van der Waals surface area contributed by atoms with E-state index in [2.05, 4.69) is 4.74 Å². The molecule has 0 saturated carbocycles. The molecule has 0 saturated heterocycles. The van der Waals surface area contributed by atoms with Gasteiger partial charge in [0.1, 0.15) is 0 Å². The molecule has 0 amide bonds. The highest BCUT2D eigenvalue weighted by molar-refractivity contribution is 6.38. The van der Waals surface area contributed by atoms with Gasteiger partial charge >= 0.3 is 5.97 Å². The van der Waals surface area contributed by atoms with Crippen LogP contribution in [0.3, 0.4) is 0 Å². The van der Waals surface area contributed by atoms with Crippen LogP contribution in [0.4, 0.5) is 8.78 Å². The van der Waals surface area contributed by atoms with Gasteiger partial charge in [-0.2, -0.15) is 0 Å². The summed E-state index contributed by atoms with van der Waals surface area (Å²) in [6.45, 7) is 0. The number of esters is 1. The molecule has 0 N–H and O–H groups in total. The highest BCUT2D eigenvalue weighted by atomic mass is 35.5. The third-order valence-electron chi connectivity index (χ3n) is 3.16. The maximum Gasteiger partial charge on any atom is 0.326 e. The van der Waals surface area contributed by atoms with Crippen LogP contribution >= 0.6 is 23.2 Å². The first-order valence-corrected chi connectivity index (χ1v) is 5.99. The van der Waals surface area contributed by atoms with Crippen molar-refractivity contribution in [3.63, 3.8) is 0 Å². The summed E-state index contributed by atoms with van der Waals surface area (Å²) < 4.78 is 30.9. The molecule has 0 spiro atoms. The van der Waals surface area contributed by atoms with E-state index in [-0.39, 0.29) is 21.2 Å². The number of methoxy groups -OCH3 is 1. The molecule has 0 bridgehead atoms. The number of benzene rings is 1. The maximum absolute atomic E-state index is 13.3. The van der Waals surface area contributed by atoms with Crippen molar-refractivity contribution in [2.45, 2.75) is 12.8 Å². The number of alkyl halides is 2. The van der Waals surface area contributed by atoms with Crippen molar-refractivity contribution in [2.75, 3.05) is 7.11 Å². The highest BCUT2D eigenvalue weighted by Crippen LogP contribution is 2.45. The van der Waals surface area contributed by atoms with E-state index in [1.807, 2.05) is 0 Å². The van der Waals surface area contributed by atoms with Gasteiger partial charge in [0.15, 0.2) is 11.2 Å². The van der Waals surface area contributed by atoms with Crippen LogP contribution in [0.15, 0.2) is 12.1 Å². The summed E-state index contributed by atoms with van der Waals surface area (Å²) in [5.74, 6) is -2.29. The molecule has 1 aromatic carbocycles. The minimum Gasteiger partial charge on any atom is -0.468 e. The van der Waals surface area contributed by atoms with Gasteiger partial charge in [0.2, 0.25) is 0 Å². The Hall–Kier alpha value is -1.20. The molecule has 1 aliphatic rings. The van der Waals surface area contributed by atoms with Gasteiger partial charge in [0, 0.05) is 17.0 Å². The Labute approximate surface area is 117 Å². The number of hydrogen-bond acceptors (Lipinski definition) is 3. The van der Waals surface area contributed by atoms with Crippen LogP contribution in [0.2, 0.25) is 10.0 Å². The lowest BCUT2D eigenvalue weighted by Crippen LogP contribution is -2.44. The first-order valence-electron chi connectivity index (χ1n) is 5.24. The van der Waals surface area contributed by atoms with Crippen LogP contribution in [0.25, 0.3) is 0 Å². The third kappa shape index (κ3) is 1.92. The zero-order valence-corrected chi connectivity index (χ0v) is 11.2. The van der Waals surface area contributed by atoms with Crippen LogP contribution in [0.5, 0.6) is 0 Å². The van der Waals surface area contributed by atoms with Gasteiger partial charge in [-0.1, -0.05) is 23.2 Å². The summed E-state index contributed by atoms with van der Waals surface area (Å²) in [6, 6.07) is 2.63. The Balaban J connectivity index is 2.64. The van der Waals surface area contributed by atoms with Gasteiger partial charge < -0.3 is 4.74 Å². The Morgan fingerprint density at radius 1 is 1.42 bits per heavy atom. The summed E-state index contributed by atoms with van der Waals surface area (Å²) in [5.41, 5.74) is -2.38. The Morgan fingerprint density at radius 2 is 2.05 bits per heavy atom. The topological polar surface area (TPSA) is 43.4 Å². The zero-order chi connectivity index (χ0) is 14.4. The molecule has 1 aliphatic carbocycles. The van der Waals surface area contributed by atoms with Gasteiger partial charge in [-0.25, -0.2) is 8.78 Å². The number of carbonyl (C=O) groups is 2. The molecular weight excluding hydrogens is 301 g/mol. The van der Waals surface area contributed by atoms with Crippen LogP contribution < -0.4 is 0 Å². The summed E-state index contributed by atoms with van der Waals surface area (Å²) >= 11 is 11.6. The Kier molecular flexibility index (Phi) is 3.53. The molecule has 0 aliphatic heterocycles. The predicted molar refractivity (Wildman–Crippen MR) is 64.9 cm³/mol. The minimum atomic E-state index is -3.19. The van der Waals surface area contributed by atoms with Crippen molar-refractivity contribution >= 4 is 35.0 Å². The fraction of sp³-hybridized carbons (Fsp3) is 0.333. The smallest absolute Gasteiger partial charge is 0.326 e. The largest absolute Gasteiger partial charge is 0.468 e. The average Bonchev–Trinajstić information content (AvgIpc) is 2.62. The second-order valence-electron chi connectivity index (χ2n) is 4.19. The van der Waals surface area contributed by atoms with Gasteiger partial charge in [-0.15, -0.1) is 0 Å². The Morgan fingerprint density at radius 3 is 2.58 bits per heavy atom. The van der Waals surface area contributed by atoms with Crippen LogP contribution in [0, 0.1) is 5.41 Å². The van der Waals surface area contributed by atoms with Crippen LogP contribution in [0.1, 0.15) is 15.9 Å². The Bertz CT molecular complexity index is 574. The predicted octanol–water partition coefficient (Wildman–Crippen LogP) is 3.16. The lowest BCUT2D eigenvalue weighted by molar-refractivity contribution is -0.157. The quantitative estimate of drug-likeness (QED) is 0.622. The molecule has 1 unspecified atom stereocenters. The molecule has 19 heavy (non-hydrogen) atoms. The van der Waals surface area contributed by atoms with Crippen molar-refractivity contribution in [2.24, 2.45) is 5.41 Å². The number of fused-ring (bicyclic) bond motifs is 1. The maximum atomic E-state index is 13.3. The number of ketones is 1. The lowest BCUT2D eigenvalue weighted by Gasteiger charge is -2.22. The highest BCUT2D eigenvalue weighted by Gasteiger charge is 2.60. The van der Waals surface area contributed by atoms with E-state index < -0.39 is 30.0 Å². The summed E-state index contributed by atoms with van der Waals surface area (Å²) in [7, 11) is 0.956. The number of halogens is 4. The molecule has 1 aromatic rings. The monoisotopic (exact) mass is 308 g/mol. The van der Waals surface area contributed by atoms with E-state index in [0.29, 0.717) is 0 Å². The summed E-state index contributed by atoms with van der Waals surface area (Å²) in [5, 5.41) is 0.172. The minimum absolute atomic E-state index is 0.0427. The van der Waals surface area contributed by atoms with Gasteiger partial charge in [0.05, 0.1) is 12.1 Å². The first kappa shape index (κ1) is 14.2. The number of ether oxygens (including phenoxy) is 1. The van der Waals surface area contributed by atoms with Crippen molar-refractivity contribution in [3.8, 4) is 0 Å². The van der Waals surface area contributed by atoms with E-state index in [4.69, 9.17) is 23.2 Å². The normalized spacial score (nSPS) is 21.7. The standard InChI is InChI=1S/C12H8Cl2F2O3/c1-19-11(18)12(10(15)16)4-5-2-6(13)3-7(14)8(5)9(12)17/h2-3,10H,4H2,1H3. The van der Waals surface area contributed by atoms with E-state index in [1.54, 1.807) is 0 Å². The number of rotatable bonds is 2. The SMILES string of the molecule is COC(=O)C1(C(F)F)Cc2cc(Cl)cc(Cl)c2C1=O. The van der Waals surface area contributed by atoms with Crippen molar-refractivity contribution < 1.29 is 23.1 Å². The molecule has 3 nitrogen and oxygen atoms in total. The van der Waals surface area contributed by atoms with Crippen molar-refractivity contribution in [3.05, 3.63) is 33.3 Å². The molecule has 0 radical (unpaired) electrons. The molecule has 0 aromatic heterocycles. The molecule has 0 heterocycles. The molecule has 7 heteroatoms. The second-order valence-corrected chi connectivity index (χ2v) is 5.03. The van der Waals surface area contributed by atoms with Gasteiger partial charge in [-0.05, 0) is 17.7 Å². The zero-order valence-electron chi connectivity index (χ0n) is 9.68. The number of hydrogen-bond donors (Lipinski definition) is 0. The van der Waals surface area contributed by atoms with E-state index >= 15 is 0 Å².